The molecule has 1 amide bonds. The van der Waals surface area contributed by atoms with Gasteiger partial charge in [0.25, 0.3) is 0 Å². The first-order chi connectivity index (χ1) is 11.7. The fourth-order valence-electron chi connectivity index (χ4n) is 2.55. The summed E-state index contributed by atoms with van der Waals surface area (Å²) in [5.74, 6) is -1.26. The Bertz CT molecular complexity index is 576. The Morgan fingerprint density at radius 3 is 2.68 bits per heavy atom. The van der Waals surface area contributed by atoms with Crippen LogP contribution in [0.1, 0.15) is 20.3 Å². The van der Waals surface area contributed by atoms with Crippen LogP contribution in [0.2, 0.25) is 0 Å². The molecule has 0 aliphatic carbocycles. The Morgan fingerprint density at radius 1 is 1.40 bits per heavy atom. The monoisotopic (exact) mass is 355 g/mol. The second kappa shape index (κ2) is 7.96. The highest BCUT2D eigenvalue weighted by Crippen LogP contribution is 2.27. The lowest BCUT2D eigenvalue weighted by atomic mass is 10.1. The predicted molar refractivity (Wildman–Crippen MR) is 87.3 cm³/mol. The number of rotatable bonds is 6. The second-order valence-corrected chi connectivity index (χ2v) is 6.50. The van der Waals surface area contributed by atoms with E-state index in [1.54, 1.807) is 26.1 Å². The number of ether oxygens (including phenoxy) is 2. The van der Waals surface area contributed by atoms with Crippen LogP contribution in [-0.4, -0.2) is 64.2 Å². The minimum Gasteiger partial charge on any atom is -0.462 e. The Balaban J connectivity index is 1.99. The van der Waals surface area contributed by atoms with Crippen molar-refractivity contribution in [1.82, 2.24) is 4.90 Å². The van der Waals surface area contributed by atoms with Crippen LogP contribution in [0.3, 0.4) is 0 Å². The van der Waals surface area contributed by atoms with Gasteiger partial charge in [-0.1, -0.05) is 19.9 Å². The number of allylic oxidation sites excluding steroid dienone is 1. The van der Waals surface area contributed by atoms with Crippen molar-refractivity contribution in [1.29, 1.82) is 0 Å². The first kappa shape index (κ1) is 19.4. The molecule has 2 rings (SSSR count). The number of aliphatic hydroxyl groups is 2. The highest BCUT2D eigenvalue weighted by molar-refractivity contribution is 5.92. The van der Waals surface area contributed by atoms with E-state index in [0.717, 1.165) is 0 Å². The summed E-state index contributed by atoms with van der Waals surface area (Å²) >= 11 is 0. The number of primary amides is 1. The number of aliphatic hydroxyl groups excluding tert-OH is 2. The molecular weight excluding hydrogens is 330 g/mol. The molecule has 9 heteroatoms. The van der Waals surface area contributed by atoms with E-state index >= 15 is 0 Å². The van der Waals surface area contributed by atoms with Crippen LogP contribution in [-0.2, 0) is 19.1 Å². The average Bonchev–Trinajstić information content (AvgIpc) is 2.87. The SMILES string of the molecule is CC(C)[C@H](N)C(=O)OCC1O[C@@H](N2C=CCC(C(N)=O)=C2)[C@H](O)[C@@H]1O. The van der Waals surface area contributed by atoms with Crippen LogP contribution in [0.15, 0.2) is 24.0 Å². The van der Waals surface area contributed by atoms with Gasteiger partial charge in [0.05, 0.1) is 0 Å². The fraction of sp³-hybridized carbons (Fsp3) is 0.625. The lowest BCUT2D eigenvalue weighted by Gasteiger charge is -2.28. The molecule has 0 aromatic carbocycles. The first-order valence-corrected chi connectivity index (χ1v) is 8.10. The number of hydrogen-bond donors (Lipinski definition) is 4. The number of hydrogen-bond acceptors (Lipinski definition) is 8. The van der Waals surface area contributed by atoms with Crippen molar-refractivity contribution in [3.05, 3.63) is 24.0 Å². The first-order valence-electron chi connectivity index (χ1n) is 8.10. The standard InChI is InChI=1S/C16H25N3O6/c1-8(2)11(17)16(23)24-7-10-12(20)13(21)15(25-10)19-5-3-4-9(6-19)14(18)22/h3,5-6,8,10-13,15,20-21H,4,7,17H2,1-2H3,(H2,18,22)/t10?,11-,12+,13+,15+/m0/s1. The molecule has 0 radical (unpaired) electrons. The van der Waals surface area contributed by atoms with Gasteiger partial charge in [0.2, 0.25) is 5.91 Å². The number of nitrogens with two attached hydrogens (primary N) is 2. The van der Waals surface area contributed by atoms with Gasteiger partial charge in [0.1, 0.15) is 31.0 Å². The smallest absolute Gasteiger partial charge is 0.323 e. The number of nitrogens with zero attached hydrogens (tertiary/aromatic N) is 1. The van der Waals surface area contributed by atoms with Crippen molar-refractivity contribution in [2.24, 2.45) is 17.4 Å². The highest BCUT2D eigenvalue weighted by atomic mass is 16.6. The second-order valence-electron chi connectivity index (χ2n) is 6.50. The Kier molecular flexibility index (Phi) is 6.17. The highest BCUT2D eigenvalue weighted by Gasteiger charge is 2.45. The van der Waals surface area contributed by atoms with E-state index in [1.807, 2.05) is 0 Å². The van der Waals surface area contributed by atoms with Crippen molar-refractivity contribution in [3.63, 3.8) is 0 Å². The maximum atomic E-state index is 11.8. The van der Waals surface area contributed by atoms with Gasteiger partial charge < -0.3 is 36.1 Å². The Morgan fingerprint density at radius 2 is 2.08 bits per heavy atom. The lowest BCUT2D eigenvalue weighted by Crippen LogP contribution is -2.41. The third kappa shape index (κ3) is 4.37. The molecule has 0 saturated carbocycles. The summed E-state index contributed by atoms with van der Waals surface area (Å²) in [5, 5.41) is 20.3. The van der Waals surface area contributed by atoms with E-state index in [0.29, 0.717) is 12.0 Å². The zero-order valence-corrected chi connectivity index (χ0v) is 14.2. The predicted octanol–water partition coefficient (Wildman–Crippen LogP) is -1.45. The van der Waals surface area contributed by atoms with E-state index in [1.165, 1.54) is 11.1 Å². The minimum absolute atomic E-state index is 0.0869. The van der Waals surface area contributed by atoms with Gasteiger partial charge in [-0.3, -0.25) is 9.59 Å². The van der Waals surface area contributed by atoms with Gasteiger partial charge in [0, 0.05) is 18.0 Å². The van der Waals surface area contributed by atoms with Gasteiger partial charge in [-0.05, 0) is 12.3 Å². The largest absolute Gasteiger partial charge is 0.462 e. The minimum atomic E-state index is -1.26. The molecule has 5 atom stereocenters. The van der Waals surface area contributed by atoms with Gasteiger partial charge in [-0.2, -0.15) is 0 Å². The summed E-state index contributed by atoms with van der Waals surface area (Å²) < 4.78 is 10.7. The number of esters is 1. The zero-order chi connectivity index (χ0) is 18.7. The Labute approximate surface area is 145 Å². The van der Waals surface area contributed by atoms with Crippen molar-refractivity contribution < 1.29 is 29.3 Å². The molecule has 9 nitrogen and oxygen atoms in total. The van der Waals surface area contributed by atoms with Crippen molar-refractivity contribution in [2.75, 3.05) is 6.61 Å². The van der Waals surface area contributed by atoms with Crippen molar-refractivity contribution in [2.45, 2.75) is 50.8 Å². The van der Waals surface area contributed by atoms with Crippen molar-refractivity contribution >= 4 is 11.9 Å². The normalized spacial score (nSPS) is 30.3. The van der Waals surface area contributed by atoms with Crippen molar-refractivity contribution in [3.8, 4) is 0 Å². The summed E-state index contributed by atoms with van der Waals surface area (Å²) in [4.78, 5) is 24.6. The van der Waals surface area contributed by atoms with Gasteiger partial charge in [-0.15, -0.1) is 0 Å². The van der Waals surface area contributed by atoms with Gasteiger partial charge in [0.15, 0.2) is 6.23 Å². The molecule has 0 aromatic heterocycles. The van der Waals surface area contributed by atoms with Crippen LogP contribution in [0.4, 0.5) is 0 Å². The summed E-state index contributed by atoms with van der Waals surface area (Å²) in [7, 11) is 0. The Hall–Kier alpha value is -1.94. The van der Waals surface area contributed by atoms with Crippen LogP contribution in [0.5, 0.6) is 0 Å². The molecule has 0 bridgehead atoms. The van der Waals surface area contributed by atoms with E-state index in [9.17, 15) is 19.8 Å². The molecule has 2 heterocycles. The van der Waals surface area contributed by atoms with E-state index < -0.39 is 42.5 Å². The lowest BCUT2D eigenvalue weighted by molar-refractivity contribution is -0.153. The molecule has 1 saturated heterocycles. The molecule has 0 aromatic rings. The quantitative estimate of drug-likeness (QED) is 0.423. The van der Waals surface area contributed by atoms with Crippen LogP contribution in [0.25, 0.3) is 0 Å². The topological polar surface area (TPSA) is 148 Å². The maximum Gasteiger partial charge on any atom is 0.323 e. The fourth-order valence-corrected chi connectivity index (χ4v) is 2.55. The molecule has 140 valence electrons. The summed E-state index contributed by atoms with van der Waals surface area (Å²) in [6.07, 6.45) is 0.808. The molecule has 25 heavy (non-hydrogen) atoms. The zero-order valence-electron chi connectivity index (χ0n) is 14.2. The maximum absolute atomic E-state index is 11.8. The van der Waals surface area contributed by atoms with E-state index in [-0.39, 0.29) is 12.5 Å². The molecule has 2 aliphatic rings. The molecule has 1 unspecified atom stereocenters. The van der Waals surface area contributed by atoms with Gasteiger partial charge in [-0.25, -0.2) is 0 Å². The summed E-state index contributed by atoms with van der Waals surface area (Å²) in [5.41, 5.74) is 11.3. The molecule has 2 aliphatic heterocycles. The number of amides is 1. The van der Waals surface area contributed by atoms with Crippen LogP contribution in [0, 0.1) is 5.92 Å². The summed E-state index contributed by atoms with van der Waals surface area (Å²) in [6.45, 7) is 3.34. The third-order valence-corrected chi connectivity index (χ3v) is 4.25. The number of carbonyl (C=O) groups excluding carboxylic acids is 2. The average molecular weight is 355 g/mol. The van der Waals surface area contributed by atoms with E-state index in [4.69, 9.17) is 20.9 Å². The van der Waals surface area contributed by atoms with Gasteiger partial charge >= 0.3 is 5.97 Å². The van der Waals surface area contributed by atoms with Crippen LogP contribution < -0.4 is 11.5 Å². The molecule has 0 spiro atoms. The third-order valence-electron chi connectivity index (χ3n) is 4.25. The van der Waals surface area contributed by atoms with Crippen LogP contribution >= 0.6 is 0 Å². The molecule has 1 fully saturated rings. The summed E-state index contributed by atoms with van der Waals surface area (Å²) in [6, 6.07) is -0.773. The molecular formula is C16H25N3O6. The molecule has 6 N–H and O–H groups in total. The van der Waals surface area contributed by atoms with E-state index in [2.05, 4.69) is 0 Å². The number of carbonyl (C=O) groups is 2.